The van der Waals surface area contributed by atoms with Crippen LogP contribution in [-0.4, -0.2) is 38.1 Å². The molecule has 0 unspecified atom stereocenters. The highest BCUT2D eigenvalue weighted by molar-refractivity contribution is 5.76. The molecule has 2 aromatic heterocycles. The van der Waals surface area contributed by atoms with Crippen molar-refractivity contribution in [2.24, 2.45) is 0 Å². The molecule has 0 atom stereocenters. The summed E-state index contributed by atoms with van der Waals surface area (Å²) < 4.78 is 8.07. The summed E-state index contributed by atoms with van der Waals surface area (Å²) in [7, 11) is 1.62. The minimum Gasteiger partial charge on any atom is -0.496 e. The number of hydrogen-bond donors (Lipinski definition) is 0. The number of carbonyl (C=O) groups is 1. The lowest BCUT2D eigenvalue weighted by atomic mass is 10.2. The van der Waals surface area contributed by atoms with Gasteiger partial charge in [-0.1, -0.05) is 24.3 Å². The molecule has 1 fully saturated rings. The van der Waals surface area contributed by atoms with Crippen LogP contribution in [0.3, 0.4) is 0 Å². The Morgan fingerprint density at radius 3 is 2.73 bits per heavy atom. The number of amides is 1. The van der Waals surface area contributed by atoms with Gasteiger partial charge in [0.25, 0.3) is 0 Å². The van der Waals surface area contributed by atoms with Crippen LogP contribution in [0.25, 0.3) is 5.65 Å². The van der Waals surface area contributed by atoms with Crippen LogP contribution in [0, 0.1) is 0 Å². The molecule has 3 aromatic rings. The maximum absolute atomic E-state index is 12.9. The van der Waals surface area contributed by atoms with E-state index in [0.29, 0.717) is 12.2 Å². The number of methoxy groups -OCH3 is 1. The fourth-order valence-corrected chi connectivity index (χ4v) is 3.11. The highest BCUT2D eigenvalue weighted by Crippen LogP contribution is 2.30. The van der Waals surface area contributed by atoms with Crippen molar-refractivity contribution in [3.63, 3.8) is 0 Å². The Hall–Kier alpha value is -3.09. The van der Waals surface area contributed by atoms with Gasteiger partial charge < -0.3 is 9.64 Å². The number of carbonyl (C=O) groups excluding carboxylic acids is 1. The predicted molar refractivity (Wildman–Crippen MR) is 96.0 cm³/mol. The van der Waals surface area contributed by atoms with Crippen LogP contribution >= 0.6 is 0 Å². The molecule has 0 radical (unpaired) electrons. The van der Waals surface area contributed by atoms with E-state index in [4.69, 9.17) is 4.74 Å². The fourth-order valence-electron chi connectivity index (χ4n) is 3.11. The first kappa shape index (κ1) is 16.4. The van der Waals surface area contributed by atoms with Crippen LogP contribution in [0.2, 0.25) is 0 Å². The normalized spacial score (nSPS) is 13.7. The number of hydrogen-bond acceptors (Lipinski definition) is 4. The third kappa shape index (κ3) is 3.08. The average molecular weight is 352 g/mol. The molecule has 1 aromatic carbocycles. The van der Waals surface area contributed by atoms with Crippen LogP contribution in [0.5, 0.6) is 5.75 Å². The van der Waals surface area contributed by atoms with Gasteiger partial charge in [-0.3, -0.25) is 9.20 Å². The van der Waals surface area contributed by atoms with Gasteiger partial charge in [0.05, 0.1) is 7.11 Å². The summed E-state index contributed by atoms with van der Waals surface area (Å²) in [6.07, 6.45) is 3.63. The van der Waals surface area contributed by atoms with Gasteiger partial charge in [-0.05, 0) is 31.0 Å². The Bertz CT molecular complexity index is 1000. The molecule has 0 spiro atoms. The van der Waals surface area contributed by atoms with Gasteiger partial charge in [-0.25, -0.2) is 9.48 Å². The number of para-hydroxylation sites is 1. The van der Waals surface area contributed by atoms with E-state index in [-0.39, 0.29) is 24.2 Å². The van der Waals surface area contributed by atoms with E-state index in [1.54, 1.807) is 25.4 Å². The van der Waals surface area contributed by atoms with E-state index in [1.165, 1.54) is 9.08 Å². The second-order valence-electron chi connectivity index (χ2n) is 6.43. The standard InChI is InChI=1S/C19H20N4O3/c1-26-16-7-3-2-6-14(16)12-22(15-9-10-15)18(24)13-23-19(25)21-11-5-4-8-17(21)20-23/h2-8,11,15H,9-10,12-13H2,1H3. The molecule has 1 amide bonds. The van der Waals surface area contributed by atoms with Gasteiger partial charge >= 0.3 is 5.69 Å². The summed E-state index contributed by atoms with van der Waals surface area (Å²) in [6.45, 7) is 0.405. The molecule has 26 heavy (non-hydrogen) atoms. The molecule has 134 valence electrons. The highest BCUT2D eigenvalue weighted by Gasteiger charge is 2.33. The van der Waals surface area contributed by atoms with Crippen LogP contribution in [-0.2, 0) is 17.9 Å². The van der Waals surface area contributed by atoms with E-state index in [2.05, 4.69) is 5.10 Å². The maximum Gasteiger partial charge on any atom is 0.350 e. The molecule has 1 aliphatic rings. The average Bonchev–Trinajstić information content (AvgIpc) is 3.46. The summed E-state index contributed by atoms with van der Waals surface area (Å²) in [5.74, 6) is 0.653. The van der Waals surface area contributed by atoms with Crippen LogP contribution < -0.4 is 10.4 Å². The lowest BCUT2D eigenvalue weighted by Gasteiger charge is -2.23. The summed E-state index contributed by atoms with van der Waals surface area (Å²) in [4.78, 5) is 27.1. The number of fused-ring (bicyclic) bond motifs is 1. The highest BCUT2D eigenvalue weighted by atomic mass is 16.5. The second kappa shape index (κ2) is 6.67. The Kier molecular flexibility index (Phi) is 4.20. The number of aromatic nitrogens is 3. The fraction of sp³-hybridized carbons (Fsp3) is 0.316. The van der Waals surface area contributed by atoms with Gasteiger partial charge in [-0.15, -0.1) is 5.10 Å². The first-order chi connectivity index (χ1) is 12.7. The molecular weight excluding hydrogens is 332 g/mol. The largest absolute Gasteiger partial charge is 0.496 e. The van der Waals surface area contributed by atoms with Crippen molar-refractivity contribution in [3.8, 4) is 5.75 Å². The summed E-state index contributed by atoms with van der Waals surface area (Å²) in [5.41, 5.74) is 1.19. The molecule has 7 nitrogen and oxygen atoms in total. The molecule has 4 rings (SSSR count). The zero-order valence-electron chi connectivity index (χ0n) is 14.5. The number of pyridine rings is 1. The third-order valence-corrected chi connectivity index (χ3v) is 4.61. The Morgan fingerprint density at radius 2 is 2.00 bits per heavy atom. The molecule has 0 aliphatic heterocycles. The molecule has 1 aliphatic carbocycles. The van der Waals surface area contributed by atoms with Crippen molar-refractivity contribution in [2.45, 2.75) is 32.0 Å². The molecular formula is C19H20N4O3. The van der Waals surface area contributed by atoms with Crippen LogP contribution in [0.1, 0.15) is 18.4 Å². The summed E-state index contributed by atoms with van der Waals surface area (Å²) in [6, 6.07) is 13.2. The second-order valence-corrected chi connectivity index (χ2v) is 6.43. The predicted octanol–water partition coefficient (Wildman–Crippen LogP) is 1.70. The molecule has 2 heterocycles. The van der Waals surface area contributed by atoms with Crippen molar-refractivity contribution < 1.29 is 9.53 Å². The monoisotopic (exact) mass is 352 g/mol. The maximum atomic E-state index is 12.9. The lowest BCUT2D eigenvalue weighted by molar-refractivity contribution is -0.133. The molecule has 7 heteroatoms. The molecule has 1 saturated carbocycles. The first-order valence-electron chi connectivity index (χ1n) is 8.63. The smallest absolute Gasteiger partial charge is 0.350 e. The lowest BCUT2D eigenvalue weighted by Crippen LogP contribution is -2.38. The van der Waals surface area contributed by atoms with Crippen molar-refractivity contribution in [1.82, 2.24) is 19.1 Å². The quantitative estimate of drug-likeness (QED) is 0.677. The topological polar surface area (TPSA) is 68.8 Å². The van der Waals surface area contributed by atoms with Gasteiger partial charge in [0.2, 0.25) is 5.91 Å². The zero-order valence-corrected chi connectivity index (χ0v) is 14.5. The minimum atomic E-state index is -0.304. The van der Waals surface area contributed by atoms with E-state index in [9.17, 15) is 9.59 Å². The van der Waals surface area contributed by atoms with E-state index in [1.807, 2.05) is 35.2 Å². The summed E-state index contributed by atoms with van der Waals surface area (Å²) in [5, 5.41) is 4.25. The Balaban J connectivity index is 1.58. The van der Waals surface area contributed by atoms with Crippen molar-refractivity contribution in [2.75, 3.05) is 7.11 Å². The summed E-state index contributed by atoms with van der Waals surface area (Å²) >= 11 is 0. The van der Waals surface area contributed by atoms with Gasteiger partial charge in [0.15, 0.2) is 5.65 Å². The van der Waals surface area contributed by atoms with Gasteiger partial charge in [-0.2, -0.15) is 0 Å². The zero-order chi connectivity index (χ0) is 18.1. The number of ether oxygens (including phenoxy) is 1. The molecule has 0 N–H and O–H groups in total. The van der Waals surface area contributed by atoms with E-state index in [0.717, 1.165) is 24.2 Å². The van der Waals surface area contributed by atoms with E-state index < -0.39 is 0 Å². The first-order valence-corrected chi connectivity index (χ1v) is 8.63. The van der Waals surface area contributed by atoms with Gasteiger partial charge in [0.1, 0.15) is 12.3 Å². The van der Waals surface area contributed by atoms with Crippen molar-refractivity contribution >= 4 is 11.6 Å². The SMILES string of the molecule is COc1ccccc1CN(C(=O)Cn1nc2ccccn2c1=O)C1CC1. The van der Waals surface area contributed by atoms with Crippen molar-refractivity contribution in [1.29, 1.82) is 0 Å². The molecule has 0 saturated heterocycles. The number of benzene rings is 1. The Morgan fingerprint density at radius 1 is 1.23 bits per heavy atom. The number of nitrogens with zero attached hydrogens (tertiary/aromatic N) is 4. The third-order valence-electron chi connectivity index (χ3n) is 4.61. The molecule has 0 bridgehead atoms. The number of rotatable bonds is 6. The van der Waals surface area contributed by atoms with Crippen LogP contribution in [0.15, 0.2) is 53.5 Å². The van der Waals surface area contributed by atoms with E-state index >= 15 is 0 Å². The minimum absolute atomic E-state index is 0.0633. The van der Waals surface area contributed by atoms with Crippen LogP contribution in [0.4, 0.5) is 0 Å². The Labute approximate surface area is 150 Å². The van der Waals surface area contributed by atoms with Crippen molar-refractivity contribution in [3.05, 3.63) is 64.7 Å². The van der Waals surface area contributed by atoms with Gasteiger partial charge in [0, 0.05) is 24.3 Å².